The molecule has 0 fully saturated rings. The highest BCUT2D eigenvalue weighted by atomic mass is 16.5. The second-order valence-corrected chi connectivity index (χ2v) is 6.25. The summed E-state index contributed by atoms with van der Waals surface area (Å²) in [5.74, 6) is -0.355. The zero-order chi connectivity index (χ0) is 20.6. The molecule has 0 radical (unpaired) electrons. The summed E-state index contributed by atoms with van der Waals surface area (Å²) < 4.78 is 21.4. The van der Waals surface area contributed by atoms with E-state index in [9.17, 15) is 9.59 Å². The Morgan fingerprint density at radius 1 is 1.10 bits per heavy atom. The van der Waals surface area contributed by atoms with Gasteiger partial charge < -0.3 is 23.9 Å². The predicted molar refractivity (Wildman–Crippen MR) is 107 cm³/mol. The van der Waals surface area contributed by atoms with Gasteiger partial charge in [0.15, 0.2) is 6.61 Å². The van der Waals surface area contributed by atoms with Crippen LogP contribution in [0.3, 0.4) is 0 Å². The van der Waals surface area contributed by atoms with Crippen molar-refractivity contribution in [2.75, 3.05) is 20.3 Å². The van der Waals surface area contributed by atoms with Crippen molar-refractivity contribution in [3.05, 3.63) is 65.4 Å². The molecule has 0 saturated carbocycles. The minimum absolute atomic E-state index is 0.0558. The van der Waals surface area contributed by atoms with Crippen LogP contribution in [0.5, 0.6) is 5.75 Å². The van der Waals surface area contributed by atoms with E-state index in [0.717, 1.165) is 10.9 Å². The Morgan fingerprint density at radius 3 is 2.72 bits per heavy atom. The average Bonchev–Trinajstić information content (AvgIpc) is 3.13. The maximum absolute atomic E-state index is 12.5. The lowest BCUT2D eigenvalue weighted by Crippen LogP contribution is -2.28. The van der Waals surface area contributed by atoms with Gasteiger partial charge in [0.1, 0.15) is 11.3 Å². The van der Waals surface area contributed by atoms with Gasteiger partial charge in [-0.3, -0.25) is 4.79 Å². The van der Waals surface area contributed by atoms with Crippen LogP contribution in [0.25, 0.3) is 11.0 Å². The van der Waals surface area contributed by atoms with Gasteiger partial charge in [-0.2, -0.15) is 0 Å². The van der Waals surface area contributed by atoms with Crippen LogP contribution >= 0.6 is 0 Å². The molecule has 7 nitrogen and oxygen atoms in total. The summed E-state index contributed by atoms with van der Waals surface area (Å²) in [7, 11) is 1.58. The second-order valence-electron chi connectivity index (χ2n) is 6.25. The van der Waals surface area contributed by atoms with E-state index in [1.807, 2.05) is 49.4 Å². The number of furan rings is 1. The van der Waals surface area contributed by atoms with E-state index in [-0.39, 0.29) is 12.4 Å². The number of fused-ring (bicyclic) bond motifs is 1. The molecule has 0 bridgehead atoms. The molecular weight excluding hydrogens is 374 g/mol. The number of hydrogen-bond donors (Lipinski definition) is 1. The number of nitrogens with one attached hydrogen (secondary N) is 1. The third-order valence-corrected chi connectivity index (χ3v) is 4.29. The smallest absolute Gasteiger partial charge is 0.375 e. The van der Waals surface area contributed by atoms with Gasteiger partial charge in [0.05, 0.1) is 13.7 Å². The maximum Gasteiger partial charge on any atom is 0.375 e. The minimum atomic E-state index is -0.701. The lowest BCUT2D eigenvalue weighted by Gasteiger charge is -2.08. The Labute approximate surface area is 168 Å². The summed E-state index contributed by atoms with van der Waals surface area (Å²) in [6, 6.07) is 14.6. The van der Waals surface area contributed by atoms with E-state index >= 15 is 0 Å². The molecule has 0 unspecified atom stereocenters. The summed E-state index contributed by atoms with van der Waals surface area (Å²) in [6.45, 7) is 2.48. The van der Waals surface area contributed by atoms with Crippen LogP contribution in [-0.2, 0) is 27.4 Å². The third-order valence-electron chi connectivity index (χ3n) is 4.29. The quantitative estimate of drug-likeness (QED) is 0.557. The highest BCUT2D eigenvalue weighted by Gasteiger charge is 2.22. The van der Waals surface area contributed by atoms with Crippen molar-refractivity contribution in [3.8, 4) is 5.75 Å². The number of ether oxygens (including phenoxy) is 3. The fourth-order valence-corrected chi connectivity index (χ4v) is 2.84. The second kappa shape index (κ2) is 9.75. The summed E-state index contributed by atoms with van der Waals surface area (Å²) >= 11 is 0. The Kier molecular flexibility index (Phi) is 6.86. The van der Waals surface area contributed by atoms with Crippen molar-refractivity contribution in [2.45, 2.75) is 20.1 Å². The monoisotopic (exact) mass is 397 g/mol. The first-order chi connectivity index (χ1) is 14.1. The zero-order valence-corrected chi connectivity index (χ0v) is 16.4. The molecule has 1 N–H and O–H groups in total. The average molecular weight is 397 g/mol. The first kappa shape index (κ1) is 20.4. The zero-order valence-electron chi connectivity index (χ0n) is 16.4. The van der Waals surface area contributed by atoms with Crippen LogP contribution in [-0.4, -0.2) is 32.2 Å². The molecule has 3 rings (SSSR count). The fraction of sp³-hybridized carbons (Fsp3) is 0.273. The summed E-state index contributed by atoms with van der Waals surface area (Å²) in [5.41, 5.74) is 2.06. The number of benzene rings is 2. The fourth-order valence-electron chi connectivity index (χ4n) is 2.84. The van der Waals surface area contributed by atoms with Gasteiger partial charge >= 0.3 is 5.97 Å². The van der Waals surface area contributed by atoms with E-state index in [2.05, 4.69) is 5.32 Å². The molecular formula is C22H23NO6. The van der Waals surface area contributed by atoms with Gasteiger partial charge in [-0.25, -0.2) is 4.79 Å². The van der Waals surface area contributed by atoms with Crippen LogP contribution in [0.2, 0.25) is 0 Å². The standard InChI is InChI=1S/C22H23NO6/c1-3-27-13-18-17-9-4-5-10-19(17)29-21(18)22(25)28-14-20(24)23-12-15-7-6-8-16(11-15)26-2/h4-11H,3,12-14H2,1-2H3,(H,23,24). The number of para-hydroxylation sites is 1. The van der Waals surface area contributed by atoms with Crippen LogP contribution in [0, 0.1) is 0 Å². The van der Waals surface area contributed by atoms with Gasteiger partial charge in [-0.05, 0) is 30.7 Å². The van der Waals surface area contributed by atoms with Crippen LogP contribution in [0.1, 0.15) is 28.6 Å². The summed E-state index contributed by atoms with van der Waals surface area (Å²) in [6.07, 6.45) is 0. The van der Waals surface area contributed by atoms with Gasteiger partial charge in [0.25, 0.3) is 5.91 Å². The highest BCUT2D eigenvalue weighted by Crippen LogP contribution is 2.27. The molecule has 0 aliphatic heterocycles. The number of carbonyl (C=O) groups is 2. The molecule has 0 aliphatic rings. The molecule has 1 heterocycles. The number of methoxy groups -OCH3 is 1. The van der Waals surface area contributed by atoms with Crippen molar-refractivity contribution in [3.63, 3.8) is 0 Å². The lowest BCUT2D eigenvalue weighted by atomic mass is 10.1. The molecule has 7 heteroatoms. The Bertz CT molecular complexity index is 994. The lowest BCUT2D eigenvalue weighted by molar-refractivity contribution is -0.124. The van der Waals surface area contributed by atoms with E-state index in [1.165, 1.54) is 0 Å². The van der Waals surface area contributed by atoms with E-state index in [0.29, 0.717) is 30.0 Å². The third kappa shape index (κ3) is 5.14. The normalized spacial score (nSPS) is 10.7. The number of rotatable bonds is 9. The molecule has 3 aromatic rings. The Balaban J connectivity index is 1.60. The van der Waals surface area contributed by atoms with E-state index < -0.39 is 18.5 Å². The first-order valence-corrected chi connectivity index (χ1v) is 9.27. The van der Waals surface area contributed by atoms with Gasteiger partial charge in [0, 0.05) is 24.1 Å². The van der Waals surface area contributed by atoms with Crippen molar-refractivity contribution in [1.82, 2.24) is 5.32 Å². The van der Waals surface area contributed by atoms with Crippen molar-refractivity contribution >= 4 is 22.8 Å². The molecule has 152 valence electrons. The summed E-state index contributed by atoms with van der Waals surface area (Å²) in [4.78, 5) is 24.6. The largest absolute Gasteiger partial charge is 0.497 e. The van der Waals surface area contributed by atoms with Crippen molar-refractivity contribution in [2.24, 2.45) is 0 Å². The molecule has 29 heavy (non-hydrogen) atoms. The highest BCUT2D eigenvalue weighted by molar-refractivity contribution is 5.96. The summed E-state index contributed by atoms with van der Waals surface area (Å²) in [5, 5.41) is 3.49. The SMILES string of the molecule is CCOCc1c(C(=O)OCC(=O)NCc2cccc(OC)c2)oc2ccccc12. The van der Waals surface area contributed by atoms with Crippen LogP contribution in [0.15, 0.2) is 52.9 Å². The van der Waals surface area contributed by atoms with Crippen LogP contribution < -0.4 is 10.1 Å². The number of carbonyl (C=O) groups excluding carboxylic acids is 2. The molecule has 2 aromatic carbocycles. The molecule has 0 saturated heterocycles. The molecule has 1 amide bonds. The first-order valence-electron chi connectivity index (χ1n) is 9.27. The van der Waals surface area contributed by atoms with Crippen molar-refractivity contribution in [1.29, 1.82) is 0 Å². The Hall–Kier alpha value is -3.32. The number of hydrogen-bond acceptors (Lipinski definition) is 6. The molecule has 0 atom stereocenters. The van der Waals surface area contributed by atoms with Gasteiger partial charge in [0.2, 0.25) is 5.76 Å². The Morgan fingerprint density at radius 2 is 1.93 bits per heavy atom. The molecule has 1 aromatic heterocycles. The molecule has 0 spiro atoms. The number of esters is 1. The van der Waals surface area contributed by atoms with Crippen molar-refractivity contribution < 1.29 is 28.2 Å². The maximum atomic E-state index is 12.5. The van der Waals surface area contributed by atoms with Crippen LogP contribution in [0.4, 0.5) is 0 Å². The minimum Gasteiger partial charge on any atom is -0.497 e. The molecule has 0 aliphatic carbocycles. The van der Waals surface area contributed by atoms with Gasteiger partial charge in [-0.15, -0.1) is 0 Å². The topological polar surface area (TPSA) is 87.0 Å². The van der Waals surface area contributed by atoms with Gasteiger partial charge in [-0.1, -0.05) is 30.3 Å². The van der Waals surface area contributed by atoms with E-state index in [4.69, 9.17) is 18.6 Å². The van der Waals surface area contributed by atoms with E-state index in [1.54, 1.807) is 13.2 Å². The number of amides is 1. The predicted octanol–water partition coefficient (Wildman–Crippen LogP) is 3.45.